The van der Waals surface area contributed by atoms with Gasteiger partial charge in [-0.25, -0.2) is 9.97 Å². The van der Waals surface area contributed by atoms with Crippen molar-refractivity contribution in [2.75, 3.05) is 11.5 Å². The van der Waals surface area contributed by atoms with E-state index in [0.29, 0.717) is 11.2 Å². The third kappa shape index (κ3) is 2.88. The third-order valence-corrected chi connectivity index (χ3v) is 6.46. The molecule has 1 atom stereocenters. The van der Waals surface area contributed by atoms with Gasteiger partial charge in [-0.05, 0) is 36.2 Å². The molecule has 0 saturated heterocycles. The van der Waals surface area contributed by atoms with E-state index in [1.165, 1.54) is 16.9 Å². The summed E-state index contributed by atoms with van der Waals surface area (Å²) in [5, 5.41) is 1.87. The van der Waals surface area contributed by atoms with Gasteiger partial charge < -0.3 is 5.73 Å². The first kappa shape index (κ1) is 15.8. The number of aryl methyl sites for hydroxylation is 1. The fraction of sp³-hybridized carbons (Fsp3) is 0.529. The van der Waals surface area contributed by atoms with Crippen molar-refractivity contribution in [1.29, 1.82) is 0 Å². The largest absolute Gasteiger partial charge is 0.383 e. The number of anilines is 1. The third-order valence-electron chi connectivity index (χ3n) is 4.47. The smallest absolute Gasteiger partial charge is 0.191 e. The van der Waals surface area contributed by atoms with Crippen molar-refractivity contribution in [2.45, 2.75) is 45.2 Å². The molecule has 118 valence electrons. The summed E-state index contributed by atoms with van der Waals surface area (Å²) in [6.45, 7) is 10.8. The van der Waals surface area contributed by atoms with Gasteiger partial charge >= 0.3 is 0 Å². The molecule has 0 saturated carbocycles. The fourth-order valence-electron chi connectivity index (χ4n) is 3.12. The molecule has 2 heterocycles. The van der Waals surface area contributed by atoms with Gasteiger partial charge in [0.15, 0.2) is 5.16 Å². The van der Waals surface area contributed by atoms with Crippen LogP contribution >= 0.6 is 23.1 Å². The summed E-state index contributed by atoms with van der Waals surface area (Å²) in [6.07, 6.45) is 5.34. The van der Waals surface area contributed by atoms with Crippen LogP contribution < -0.4 is 5.73 Å². The lowest BCUT2D eigenvalue weighted by Crippen LogP contribution is -2.26. The van der Waals surface area contributed by atoms with Gasteiger partial charge in [0, 0.05) is 10.6 Å². The number of hydrogen-bond donors (Lipinski definition) is 1. The number of nitrogens with two attached hydrogens (primary N) is 1. The van der Waals surface area contributed by atoms with Crippen molar-refractivity contribution >= 4 is 39.1 Å². The van der Waals surface area contributed by atoms with E-state index in [-0.39, 0.29) is 0 Å². The van der Waals surface area contributed by atoms with Crippen LogP contribution in [-0.4, -0.2) is 15.7 Å². The zero-order valence-corrected chi connectivity index (χ0v) is 15.1. The van der Waals surface area contributed by atoms with E-state index in [0.717, 1.165) is 39.9 Å². The Morgan fingerprint density at radius 3 is 2.86 bits per heavy atom. The summed E-state index contributed by atoms with van der Waals surface area (Å²) in [5.41, 5.74) is 7.99. The first-order valence-corrected chi connectivity index (χ1v) is 9.52. The van der Waals surface area contributed by atoms with E-state index >= 15 is 0 Å². The van der Waals surface area contributed by atoms with Gasteiger partial charge in [0.2, 0.25) is 0 Å². The van der Waals surface area contributed by atoms with Crippen molar-refractivity contribution in [1.82, 2.24) is 9.97 Å². The molecule has 2 N–H and O–H groups in total. The number of fused-ring (bicyclic) bond motifs is 3. The van der Waals surface area contributed by atoms with Crippen LogP contribution in [0.3, 0.4) is 0 Å². The molecule has 2 aromatic heterocycles. The van der Waals surface area contributed by atoms with Gasteiger partial charge in [0.1, 0.15) is 10.6 Å². The monoisotopic (exact) mass is 333 g/mol. The summed E-state index contributed by atoms with van der Waals surface area (Å²) < 4.78 is 0. The molecule has 3 nitrogen and oxygen atoms in total. The van der Waals surface area contributed by atoms with Crippen LogP contribution in [0.5, 0.6) is 0 Å². The van der Waals surface area contributed by atoms with E-state index in [1.54, 1.807) is 11.8 Å². The van der Waals surface area contributed by atoms with E-state index in [9.17, 15) is 0 Å². The predicted octanol–water partition coefficient (Wildman–Crippen LogP) is 4.70. The van der Waals surface area contributed by atoms with Gasteiger partial charge in [0.25, 0.3) is 0 Å². The van der Waals surface area contributed by atoms with Crippen molar-refractivity contribution in [3.05, 3.63) is 23.1 Å². The number of nitrogen functional groups attached to an aromatic ring is 1. The highest BCUT2D eigenvalue weighted by atomic mass is 32.2. The van der Waals surface area contributed by atoms with E-state index < -0.39 is 0 Å². The minimum absolute atomic E-state index is 0.357. The Kier molecular flexibility index (Phi) is 4.21. The van der Waals surface area contributed by atoms with Crippen LogP contribution in [0.1, 0.15) is 37.6 Å². The standard InChI is InChI=1S/C17H23N3S2/c1-5-8-21-16-19-14(18)13-11-7-6-10(17(2,3)4)9-12(11)22-15(13)20-16/h5,10H,1,6-9H2,2-4H3,(H2,18,19,20)/t10-/m0/s1. The minimum Gasteiger partial charge on any atom is -0.383 e. The molecule has 1 aliphatic carbocycles. The lowest BCUT2D eigenvalue weighted by molar-refractivity contribution is 0.218. The number of aromatic nitrogens is 2. The molecular formula is C17H23N3S2. The molecule has 0 amide bonds. The quantitative estimate of drug-likeness (QED) is 0.502. The van der Waals surface area contributed by atoms with E-state index in [1.807, 2.05) is 17.4 Å². The lowest BCUT2D eigenvalue weighted by atomic mass is 9.72. The maximum Gasteiger partial charge on any atom is 0.191 e. The molecule has 0 fully saturated rings. The molecule has 3 rings (SSSR count). The normalized spacial score (nSPS) is 18.4. The highest BCUT2D eigenvalue weighted by Gasteiger charge is 2.31. The molecule has 0 unspecified atom stereocenters. The van der Waals surface area contributed by atoms with Crippen molar-refractivity contribution in [3.8, 4) is 0 Å². The maximum absolute atomic E-state index is 6.23. The van der Waals surface area contributed by atoms with Crippen molar-refractivity contribution < 1.29 is 0 Å². The average molecular weight is 334 g/mol. The Labute approximate surface area is 140 Å². The second-order valence-corrected chi connectivity index (χ2v) is 9.05. The highest BCUT2D eigenvalue weighted by molar-refractivity contribution is 7.99. The first-order valence-electron chi connectivity index (χ1n) is 7.71. The highest BCUT2D eigenvalue weighted by Crippen LogP contribution is 2.44. The summed E-state index contributed by atoms with van der Waals surface area (Å²) in [5.74, 6) is 2.18. The fourth-order valence-corrected chi connectivity index (χ4v) is 5.07. The van der Waals surface area contributed by atoms with Gasteiger partial charge in [-0.1, -0.05) is 38.6 Å². The number of rotatable bonds is 3. The molecule has 2 aromatic rings. The Morgan fingerprint density at radius 2 is 2.18 bits per heavy atom. The number of thioether (sulfide) groups is 1. The lowest BCUT2D eigenvalue weighted by Gasteiger charge is -2.33. The Balaban J connectivity index is 2.00. The zero-order valence-electron chi connectivity index (χ0n) is 13.5. The summed E-state index contributed by atoms with van der Waals surface area (Å²) in [6, 6.07) is 0. The van der Waals surface area contributed by atoms with Crippen molar-refractivity contribution in [3.63, 3.8) is 0 Å². The zero-order chi connectivity index (χ0) is 15.9. The first-order chi connectivity index (χ1) is 10.4. The molecular weight excluding hydrogens is 310 g/mol. The molecule has 0 aromatic carbocycles. The molecule has 5 heteroatoms. The van der Waals surface area contributed by atoms with Gasteiger partial charge in [-0.3, -0.25) is 0 Å². The SMILES string of the molecule is C=CCSc1nc(N)c2c3c(sc2n1)C[C@@H](C(C)(C)C)CC3. The summed E-state index contributed by atoms with van der Waals surface area (Å²) >= 11 is 3.40. The van der Waals surface area contributed by atoms with E-state index in [2.05, 4.69) is 32.3 Å². The minimum atomic E-state index is 0.357. The number of nitrogens with zero attached hydrogens (tertiary/aromatic N) is 2. The van der Waals surface area contributed by atoms with Crippen molar-refractivity contribution in [2.24, 2.45) is 11.3 Å². The van der Waals surface area contributed by atoms with Gasteiger partial charge in [-0.15, -0.1) is 17.9 Å². The second kappa shape index (κ2) is 5.85. The number of hydrogen-bond acceptors (Lipinski definition) is 5. The van der Waals surface area contributed by atoms with Gasteiger partial charge in [-0.2, -0.15) is 0 Å². The summed E-state index contributed by atoms with van der Waals surface area (Å²) in [7, 11) is 0. The number of thiophene rings is 1. The average Bonchev–Trinajstić information content (AvgIpc) is 2.81. The predicted molar refractivity (Wildman–Crippen MR) is 97.7 cm³/mol. The summed E-state index contributed by atoms with van der Waals surface area (Å²) in [4.78, 5) is 11.7. The molecule has 22 heavy (non-hydrogen) atoms. The Morgan fingerprint density at radius 1 is 1.41 bits per heavy atom. The Bertz CT molecular complexity index is 713. The molecule has 0 radical (unpaired) electrons. The molecule has 1 aliphatic rings. The molecule has 0 bridgehead atoms. The second-order valence-electron chi connectivity index (χ2n) is 6.98. The van der Waals surface area contributed by atoms with E-state index in [4.69, 9.17) is 10.7 Å². The van der Waals surface area contributed by atoms with Crippen LogP contribution in [0.4, 0.5) is 5.82 Å². The topological polar surface area (TPSA) is 51.8 Å². The van der Waals surface area contributed by atoms with Gasteiger partial charge in [0.05, 0.1) is 5.39 Å². The van der Waals surface area contributed by atoms with Crippen LogP contribution in [0, 0.1) is 11.3 Å². The molecule has 0 aliphatic heterocycles. The van der Waals surface area contributed by atoms with Crippen LogP contribution in [-0.2, 0) is 12.8 Å². The maximum atomic E-state index is 6.23. The molecule has 0 spiro atoms. The van der Waals surface area contributed by atoms with Crippen LogP contribution in [0.25, 0.3) is 10.2 Å². The Hall–Kier alpha value is -1.07. The van der Waals surface area contributed by atoms with Crippen LogP contribution in [0.2, 0.25) is 0 Å². The van der Waals surface area contributed by atoms with Crippen LogP contribution in [0.15, 0.2) is 17.8 Å².